The molecule has 122 valence electrons. The SMILES string of the molecule is OC(CNC(c1ccccc1)c1ccncc1)c1ccccc1F. The predicted octanol–water partition coefficient (Wildman–Crippen LogP) is 3.63. The Morgan fingerprint density at radius 1 is 0.875 bits per heavy atom. The molecule has 0 bridgehead atoms. The van der Waals surface area contributed by atoms with Crippen LogP contribution in [0.2, 0.25) is 0 Å². The van der Waals surface area contributed by atoms with Crippen LogP contribution in [0.5, 0.6) is 0 Å². The molecule has 3 aromatic rings. The van der Waals surface area contributed by atoms with Gasteiger partial charge in [0.05, 0.1) is 12.1 Å². The number of nitrogens with one attached hydrogen (secondary N) is 1. The zero-order valence-electron chi connectivity index (χ0n) is 13.1. The van der Waals surface area contributed by atoms with E-state index in [1.54, 1.807) is 30.6 Å². The molecule has 2 aromatic carbocycles. The van der Waals surface area contributed by atoms with E-state index in [1.165, 1.54) is 6.07 Å². The molecule has 0 saturated carbocycles. The lowest BCUT2D eigenvalue weighted by Gasteiger charge is -2.22. The van der Waals surface area contributed by atoms with Crippen molar-refractivity contribution < 1.29 is 9.50 Å². The molecule has 0 aliphatic carbocycles. The first-order valence-corrected chi connectivity index (χ1v) is 7.86. The quantitative estimate of drug-likeness (QED) is 0.728. The van der Waals surface area contributed by atoms with Gasteiger partial charge in [-0.3, -0.25) is 4.98 Å². The highest BCUT2D eigenvalue weighted by Gasteiger charge is 2.17. The Balaban J connectivity index is 1.79. The van der Waals surface area contributed by atoms with Gasteiger partial charge in [0.15, 0.2) is 0 Å². The topological polar surface area (TPSA) is 45.1 Å². The highest BCUT2D eigenvalue weighted by Crippen LogP contribution is 2.23. The molecule has 3 rings (SSSR count). The molecule has 0 spiro atoms. The van der Waals surface area contributed by atoms with Crippen molar-refractivity contribution in [1.29, 1.82) is 0 Å². The molecular weight excluding hydrogens is 303 g/mol. The lowest BCUT2D eigenvalue weighted by atomic mass is 9.99. The second kappa shape index (κ2) is 7.81. The van der Waals surface area contributed by atoms with Crippen LogP contribution in [-0.2, 0) is 0 Å². The Hall–Kier alpha value is -2.56. The smallest absolute Gasteiger partial charge is 0.129 e. The van der Waals surface area contributed by atoms with E-state index in [4.69, 9.17) is 0 Å². The molecule has 0 radical (unpaired) electrons. The van der Waals surface area contributed by atoms with E-state index in [9.17, 15) is 9.50 Å². The van der Waals surface area contributed by atoms with Gasteiger partial charge in [0.25, 0.3) is 0 Å². The summed E-state index contributed by atoms with van der Waals surface area (Å²) >= 11 is 0. The number of hydrogen-bond donors (Lipinski definition) is 2. The van der Waals surface area contributed by atoms with Gasteiger partial charge in [-0.15, -0.1) is 0 Å². The molecule has 0 fully saturated rings. The van der Waals surface area contributed by atoms with E-state index < -0.39 is 11.9 Å². The predicted molar refractivity (Wildman–Crippen MR) is 91.9 cm³/mol. The molecular formula is C20H19FN2O. The van der Waals surface area contributed by atoms with Gasteiger partial charge in [0, 0.05) is 24.5 Å². The summed E-state index contributed by atoms with van der Waals surface area (Å²) in [6.45, 7) is 0.239. The van der Waals surface area contributed by atoms with Gasteiger partial charge >= 0.3 is 0 Å². The van der Waals surface area contributed by atoms with Gasteiger partial charge in [0.2, 0.25) is 0 Å². The summed E-state index contributed by atoms with van der Waals surface area (Å²) in [6, 6.07) is 20.0. The summed E-state index contributed by atoms with van der Waals surface area (Å²) in [4.78, 5) is 4.05. The number of halogens is 1. The van der Waals surface area contributed by atoms with Crippen LogP contribution in [0.25, 0.3) is 0 Å². The van der Waals surface area contributed by atoms with E-state index in [0.29, 0.717) is 5.56 Å². The summed E-state index contributed by atoms with van der Waals surface area (Å²) < 4.78 is 13.8. The first-order chi connectivity index (χ1) is 11.8. The maximum Gasteiger partial charge on any atom is 0.129 e. The van der Waals surface area contributed by atoms with E-state index in [2.05, 4.69) is 10.3 Å². The van der Waals surface area contributed by atoms with Gasteiger partial charge in [-0.25, -0.2) is 4.39 Å². The summed E-state index contributed by atoms with van der Waals surface area (Å²) in [7, 11) is 0. The van der Waals surface area contributed by atoms with E-state index in [0.717, 1.165) is 11.1 Å². The molecule has 2 atom stereocenters. The van der Waals surface area contributed by atoms with Crippen LogP contribution in [0.1, 0.15) is 28.8 Å². The minimum absolute atomic E-state index is 0.101. The molecule has 0 aliphatic rings. The average Bonchev–Trinajstić information content (AvgIpc) is 2.64. The number of aliphatic hydroxyl groups is 1. The van der Waals surface area contributed by atoms with Crippen LogP contribution in [0.3, 0.4) is 0 Å². The Morgan fingerprint density at radius 2 is 1.50 bits per heavy atom. The third-order valence-corrected chi connectivity index (χ3v) is 3.95. The van der Waals surface area contributed by atoms with Crippen LogP contribution in [0, 0.1) is 5.82 Å². The third-order valence-electron chi connectivity index (χ3n) is 3.95. The molecule has 0 aliphatic heterocycles. The fourth-order valence-corrected chi connectivity index (χ4v) is 2.71. The van der Waals surface area contributed by atoms with Gasteiger partial charge in [-0.05, 0) is 29.3 Å². The second-order valence-electron chi connectivity index (χ2n) is 5.57. The Kier molecular flexibility index (Phi) is 5.31. The van der Waals surface area contributed by atoms with E-state index >= 15 is 0 Å². The van der Waals surface area contributed by atoms with Crippen molar-refractivity contribution in [3.05, 3.63) is 102 Å². The molecule has 4 heteroatoms. The number of nitrogens with zero attached hydrogens (tertiary/aromatic N) is 1. The number of aliphatic hydroxyl groups excluding tert-OH is 1. The molecule has 1 aromatic heterocycles. The monoisotopic (exact) mass is 322 g/mol. The van der Waals surface area contributed by atoms with E-state index in [1.807, 2.05) is 42.5 Å². The van der Waals surface area contributed by atoms with Crippen LogP contribution < -0.4 is 5.32 Å². The van der Waals surface area contributed by atoms with Crippen LogP contribution in [0.15, 0.2) is 79.1 Å². The largest absolute Gasteiger partial charge is 0.387 e. The number of hydrogen-bond acceptors (Lipinski definition) is 3. The maximum atomic E-state index is 13.8. The highest BCUT2D eigenvalue weighted by molar-refractivity contribution is 5.30. The fraction of sp³-hybridized carbons (Fsp3) is 0.150. The van der Waals surface area contributed by atoms with Crippen molar-refractivity contribution in [2.45, 2.75) is 12.1 Å². The van der Waals surface area contributed by atoms with Crippen molar-refractivity contribution >= 4 is 0 Å². The van der Waals surface area contributed by atoms with Crippen molar-refractivity contribution in [2.75, 3.05) is 6.54 Å². The summed E-state index contributed by atoms with van der Waals surface area (Å²) in [6.07, 6.45) is 2.56. The van der Waals surface area contributed by atoms with Gasteiger partial charge in [-0.2, -0.15) is 0 Å². The standard InChI is InChI=1S/C20H19FN2O/c21-18-9-5-4-8-17(18)19(24)14-23-20(15-6-2-1-3-7-15)16-10-12-22-13-11-16/h1-13,19-20,23-24H,14H2. The first kappa shape index (κ1) is 16.3. The molecule has 3 nitrogen and oxygen atoms in total. The number of rotatable bonds is 6. The molecule has 2 unspecified atom stereocenters. The molecule has 0 amide bonds. The van der Waals surface area contributed by atoms with Crippen molar-refractivity contribution in [2.24, 2.45) is 0 Å². The number of benzene rings is 2. The van der Waals surface area contributed by atoms with Crippen molar-refractivity contribution in [3.8, 4) is 0 Å². The normalized spacial score (nSPS) is 13.4. The van der Waals surface area contributed by atoms with Crippen molar-refractivity contribution in [3.63, 3.8) is 0 Å². The van der Waals surface area contributed by atoms with Crippen molar-refractivity contribution in [1.82, 2.24) is 10.3 Å². The zero-order chi connectivity index (χ0) is 16.8. The molecule has 1 heterocycles. The van der Waals surface area contributed by atoms with Crippen LogP contribution >= 0.6 is 0 Å². The lowest BCUT2D eigenvalue weighted by molar-refractivity contribution is 0.167. The highest BCUT2D eigenvalue weighted by atomic mass is 19.1. The molecule has 2 N–H and O–H groups in total. The minimum Gasteiger partial charge on any atom is -0.387 e. The molecule has 0 saturated heterocycles. The van der Waals surface area contributed by atoms with Crippen LogP contribution in [-0.4, -0.2) is 16.6 Å². The zero-order valence-corrected chi connectivity index (χ0v) is 13.1. The molecule has 24 heavy (non-hydrogen) atoms. The summed E-state index contributed by atoms with van der Waals surface area (Å²) in [5, 5.41) is 13.7. The Bertz CT molecular complexity index is 725. The first-order valence-electron chi connectivity index (χ1n) is 7.86. The maximum absolute atomic E-state index is 13.8. The van der Waals surface area contributed by atoms with Gasteiger partial charge in [-0.1, -0.05) is 48.5 Å². The fourth-order valence-electron chi connectivity index (χ4n) is 2.71. The van der Waals surface area contributed by atoms with E-state index in [-0.39, 0.29) is 12.6 Å². The third kappa shape index (κ3) is 3.85. The Morgan fingerprint density at radius 3 is 2.21 bits per heavy atom. The van der Waals surface area contributed by atoms with Crippen LogP contribution in [0.4, 0.5) is 4.39 Å². The second-order valence-corrected chi connectivity index (χ2v) is 5.57. The number of pyridine rings is 1. The van der Waals surface area contributed by atoms with Gasteiger partial charge in [0.1, 0.15) is 5.82 Å². The summed E-state index contributed by atoms with van der Waals surface area (Å²) in [5.41, 5.74) is 2.41. The average molecular weight is 322 g/mol. The van der Waals surface area contributed by atoms with Gasteiger partial charge < -0.3 is 10.4 Å². The number of aromatic nitrogens is 1. The lowest BCUT2D eigenvalue weighted by Crippen LogP contribution is -2.27. The summed E-state index contributed by atoms with van der Waals surface area (Å²) in [5.74, 6) is -0.396. The minimum atomic E-state index is -0.917. The Labute approximate surface area is 140 Å².